The van der Waals surface area contributed by atoms with Gasteiger partial charge in [-0.05, 0) is 53.7 Å². The summed E-state index contributed by atoms with van der Waals surface area (Å²) in [5.74, 6) is 0. The molecule has 0 fully saturated rings. The average molecular weight is 281 g/mol. The third kappa shape index (κ3) is 2.49. The molecule has 1 atom stereocenters. The van der Waals surface area contributed by atoms with E-state index in [1.807, 2.05) is 18.4 Å². The van der Waals surface area contributed by atoms with Crippen LogP contribution in [0.5, 0.6) is 0 Å². The zero-order valence-corrected chi connectivity index (χ0v) is 12.7. The van der Waals surface area contributed by atoms with E-state index in [1.54, 1.807) is 0 Å². The first-order valence-electron chi connectivity index (χ1n) is 6.97. The number of likely N-dealkylation sites (N-methyl/N-ethyl adjacent to an activating group) is 1. The predicted molar refractivity (Wildman–Crippen MR) is 88.5 cm³/mol. The highest BCUT2D eigenvalue weighted by atomic mass is 32.1. The lowest BCUT2D eigenvalue weighted by molar-refractivity contribution is 0.593. The SMILES string of the molecule is CNC(Cc1cccc2ccccc12)c1ccsc1C. The molecular formula is C18H19NS. The molecule has 0 aliphatic carbocycles. The summed E-state index contributed by atoms with van der Waals surface area (Å²) in [6.45, 7) is 2.20. The first-order chi connectivity index (χ1) is 9.79. The van der Waals surface area contributed by atoms with Crippen molar-refractivity contribution in [1.29, 1.82) is 0 Å². The van der Waals surface area contributed by atoms with Gasteiger partial charge in [-0.2, -0.15) is 0 Å². The fraction of sp³-hybridized carbons (Fsp3) is 0.222. The van der Waals surface area contributed by atoms with Crippen LogP contribution in [0.1, 0.15) is 22.0 Å². The Balaban J connectivity index is 1.98. The van der Waals surface area contributed by atoms with E-state index < -0.39 is 0 Å². The van der Waals surface area contributed by atoms with Gasteiger partial charge in [-0.3, -0.25) is 0 Å². The van der Waals surface area contributed by atoms with Crippen LogP contribution in [0.15, 0.2) is 53.9 Å². The maximum absolute atomic E-state index is 3.47. The van der Waals surface area contributed by atoms with E-state index in [2.05, 4.69) is 66.2 Å². The van der Waals surface area contributed by atoms with Gasteiger partial charge in [-0.15, -0.1) is 11.3 Å². The summed E-state index contributed by atoms with van der Waals surface area (Å²) in [7, 11) is 2.05. The number of benzene rings is 2. The van der Waals surface area contributed by atoms with E-state index in [0.717, 1.165) is 6.42 Å². The molecule has 0 spiro atoms. The molecule has 1 unspecified atom stereocenters. The van der Waals surface area contributed by atoms with Crippen LogP contribution in [0.25, 0.3) is 10.8 Å². The number of fused-ring (bicyclic) bond motifs is 1. The van der Waals surface area contributed by atoms with E-state index in [4.69, 9.17) is 0 Å². The Bertz CT molecular complexity index is 709. The smallest absolute Gasteiger partial charge is 0.0369 e. The number of hydrogen-bond acceptors (Lipinski definition) is 2. The Morgan fingerprint density at radius 2 is 1.85 bits per heavy atom. The number of rotatable bonds is 4. The molecule has 0 saturated carbocycles. The van der Waals surface area contributed by atoms with Crippen LogP contribution >= 0.6 is 11.3 Å². The molecule has 0 saturated heterocycles. The fourth-order valence-corrected chi connectivity index (χ4v) is 3.58. The van der Waals surface area contributed by atoms with Gasteiger partial charge in [0.25, 0.3) is 0 Å². The highest BCUT2D eigenvalue weighted by Crippen LogP contribution is 2.28. The Morgan fingerprint density at radius 3 is 2.60 bits per heavy atom. The predicted octanol–water partition coefficient (Wildman–Crippen LogP) is 4.71. The summed E-state index contributed by atoms with van der Waals surface area (Å²) in [5, 5.41) is 8.33. The monoisotopic (exact) mass is 281 g/mol. The second kappa shape index (κ2) is 5.78. The topological polar surface area (TPSA) is 12.0 Å². The molecule has 1 N–H and O–H groups in total. The molecule has 1 nitrogen and oxygen atoms in total. The lowest BCUT2D eigenvalue weighted by Crippen LogP contribution is -2.19. The number of aryl methyl sites for hydroxylation is 1. The van der Waals surface area contributed by atoms with Crippen molar-refractivity contribution in [2.75, 3.05) is 7.05 Å². The lowest BCUT2D eigenvalue weighted by atomic mass is 9.95. The first-order valence-corrected chi connectivity index (χ1v) is 7.85. The molecule has 2 aromatic carbocycles. The summed E-state index contributed by atoms with van der Waals surface area (Å²) >= 11 is 1.82. The van der Waals surface area contributed by atoms with Crippen LogP contribution in [0.2, 0.25) is 0 Å². The summed E-state index contributed by atoms with van der Waals surface area (Å²) in [6.07, 6.45) is 1.02. The van der Waals surface area contributed by atoms with E-state index in [1.165, 1.54) is 26.8 Å². The van der Waals surface area contributed by atoms with Gasteiger partial charge >= 0.3 is 0 Å². The number of nitrogens with one attached hydrogen (secondary N) is 1. The van der Waals surface area contributed by atoms with E-state index in [0.29, 0.717) is 6.04 Å². The molecule has 20 heavy (non-hydrogen) atoms. The molecule has 2 heteroatoms. The van der Waals surface area contributed by atoms with Gasteiger partial charge in [0.1, 0.15) is 0 Å². The van der Waals surface area contributed by atoms with Crippen molar-refractivity contribution >= 4 is 22.1 Å². The molecule has 0 aliphatic rings. The fourth-order valence-electron chi connectivity index (χ4n) is 2.81. The van der Waals surface area contributed by atoms with Crippen LogP contribution in [0.4, 0.5) is 0 Å². The van der Waals surface area contributed by atoms with Crippen molar-refractivity contribution in [1.82, 2.24) is 5.32 Å². The highest BCUT2D eigenvalue weighted by molar-refractivity contribution is 7.10. The molecular weight excluding hydrogens is 262 g/mol. The summed E-state index contributed by atoms with van der Waals surface area (Å²) in [4.78, 5) is 1.41. The van der Waals surface area contributed by atoms with Crippen molar-refractivity contribution in [2.45, 2.75) is 19.4 Å². The van der Waals surface area contributed by atoms with Gasteiger partial charge in [0.15, 0.2) is 0 Å². The molecule has 0 bridgehead atoms. The van der Waals surface area contributed by atoms with Gasteiger partial charge in [0.2, 0.25) is 0 Å². The molecule has 102 valence electrons. The van der Waals surface area contributed by atoms with E-state index in [9.17, 15) is 0 Å². The maximum atomic E-state index is 3.47. The molecule has 0 amide bonds. The molecule has 3 aromatic rings. The van der Waals surface area contributed by atoms with Crippen LogP contribution in [0.3, 0.4) is 0 Å². The van der Waals surface area contributed by atoms with Crippen LogP contribution in [0, 0.1) is 6.92 Å². The summed E-state index contributed by atoms with van der Waals surface area (Å²) in [6, 6.07) is 17.8. The minimum atomic E-state index is 0.382. The molecule has 0 aliphatic heterocycles. The van der Waals surface area contributed by atoms with Gasteiger partial charge < -0.3 is 5.32 Å². The molecule has 3 rings (SSSR count). The summed E-state index contributed by atoms with van der Waals surface area (Å²) in [5.41, 5.74) is 2.83. The average Bonchev–Trinajstić information content (AvgIpc) is 2.91. The molecule has 1 aromatic heterocycles. The van der Waals surface area contributed by atoms with Crippen LogP contribution in [-0.4, -0.2) is 7.05 Å². The normalized spacial score (nSPS) is 12.7. The van der Waals surface area contributed by atoms with Crippen molar-refractivity contribution < 1.29 is 0 Å². The van der Waals surface area contributed by atoms with E-state index in [-0.39, 0.29) is 0 Å². The quantitative estimate of drug-likeness (QED) is 0.730. The van der Waals surface area contributed by atoms with Crippen molar-refractivity contribution in [2.24, 2.45) is 0 Å². The highest BCUT2D eigenvalue weighted by Gasteiger charge is 2.14. The van der Waals surface area contributed by atoms with Crippen LogP contribution < -0.4 is 5.32 Å². The van der Waals surface area contributed by atoms with E-state index >= 15 is 0 Å². The minimum absolute atomic E-state index is 0.382. The first kappa shape index (κ1) is 13.3. The standard InChI is InChI=1S/C18H19NS/c1-13-16(10-11-20-13)18(19-2)12-15-8-5-7-14-6-3-4-9-17(14)15/h3-11,18-19H,12H2,1-2H3. The van der Waals surface area contributed by atoms with Gasteiger partial charge in [-0.1, -0.05) is 42.5 Å². The second-order valence-corrected chi connectivity index (χ2v) is 6.24. The van der Waals surface area contributed by atoms with Crippen LogP contribution in [-0.2, 0) is 6.42 Å². The number of thiophene rings is 1. The Morgan fingerprint density at radius 1 is 1.05 bits per heavy atom. The largest absolute Gasteiger partial charge is 0.313 e. The Kier molecular flexibility index (Phi) is 3.86. The van der Waals surface area contributed by atoms with Gasteiger partial charge in [0, 0.05) is 10.9 Å². The number of hydrogen-bond donors (Lipinski definition) is 1. The Labute approximate surface area is 124 Å². The van der Waals surface area contributed by atoms with Gasteiger partial charge in [-0.25, -0.2) is 0 Å². The Hall–Kier alpha value is -1.64. The van der Waals surface area contributed by atoms with Crippen molar-refractivity contribution in [3.05, 3.63) is 69.9 Å². The zero-order valence-electron chi connectivity index (χ0n) is 11.9. The molecule has 0 radical (unpaired) electrons. The van der Waals surface area contributed by atoms with Crippen molar-refractivity contribution in [3.8, 4) is 0 Å². The van der Waals surface area contributed by atoms with Crippen molar-refractivity contribution in [3.63, 3.8) is 0 Å². The zero-order chi connectivity index (χ0) is 13.9. The maximum Gasteiger partial charge on any atom is 0.0369 e. The molecule has 1 heterocycles. The second-order valence-electron chi connectivity index (χ2n) is 5.12. The minimum Gasteiger partial charge on any atom is -0.313 e. The van der Waals surface area contributed by atoms with Gasteiger partial charge in [0.05, 0.1) is 0 Å². The summed E-state index contributed by atoms with van der Waals surface area (Å²) < 4.78 is 0. The third-order valence-corrected chi connectivity index (χ3v) is 4.79. The lowest BCUT2D eigenvalue weighted by Gasteiger charge is -2.17. The third-order valence-electron chi connectivity index (χ3n) is 3.93.